The maximum atomic E-state index is 12.1. The van der Waals surface area contributed by atoms with Crippen LogP contribution in [-0.4, -0.2) is 30.6 Å². The summed E-state index contributed by atoms with van der Waals surface area (Å²) in [4.78, 5) is 12.1. The van der Waals surface area contributed by atoms with Crippen LogP contribution in [0.1, 0.15) is 29.2 Å². The summed E-state index contributed by atoms with van der Waals surface area (Å²) in [5.41, 5.74) is 7.97. The molecule has 2 aromatic carbocycles. The van der Waals surface area contributed by atoms with Gasteiger partial charge in [-0.1, -0.05) is 29.3 Å². The fraction of sp³-hybridized carbons (Fsp3) is 0.333. The van der Waals surface area contributed by atoms with Crippen LogP contribution in [0.15, 0.2) is 41.5 Å². The van der Waals surface area contributed by atoms with E-state index in [0.29, 0.717) is 24.7 Å². The zero-order valence-electron chi connectivity index (χ0n) is 15.9. The zero-order chi connectivity index (χ0) is 19.2. The van der Waals surface area contributed by atoms with Crippen LogP contribution >= 0.6 is 11.8 Å². The quantitative estimate of drug-likeness (QED) is 0.607. The van der Waals surface area contributed by atoms with Crippen LogP contribution in [0.25, 0.3) is 0 Å². The molecule has 0 saturated carbocycles. The van der Waals surface area contributed by atoms with E-state index in [4.69, 9.17) is 9.47 Å². The second-order valence-electron chi connectivity index (χ2n) is 6.58. The lowest BCUT2D eigenvalue weighted by Gasteiger charge is -2.18. The van der Waals surface area contributed by atoms with Crippen molar-refractivity contribution < 1.29 is 14.3 Å². The van der Waals surface area contributed by atoms with E-state index < -0.39 is 0 Å². The molecule has 0 unspecified atom stereocenters. The molecule has 1 aliphatic heterocycles. The molecular formula is C21H24N2O3S. The Morgan fingerprint density at radius 2 is 1.78 bits per heavy atom. The molecule has 0 spiro atoms. The number of aryl methyl sites for hydroxylation is 2. The highest BCUT2D eigenvalue weighted by Crippen LogP contribution is 2.30. The number of nitrogens with one attached hydrogen (secondary N) is 1. The van der Waals surface area contributed by atoms with Gasteiger partial charge in [0.25, 0.3) is 0 Å². The van der Waals surface area contributed by atoms with Crippen molar-refractivity contribution >= 4 is 23.4 Å². The van der Waals surface area contributed by atoms with Crippen LogP contribution < -0.4 is 14.9 Å². The van der Waals surface area contributed by atoms with Crippen molar-refractivity contribution in [2.24, 2.45) is 5.10 Å². The minimum atomic E-state index is -0.110. The van der Waals surface area contributed by atoms with Crippen molar-refractivity contribution in [3.8, 4) is 11.5 Å². The SMILES string of the molecule is C/C(=N/NC(=O)CSCc1cc(C)cc(C)c1)c1ccc2c(c1)OCCO2. The number of benzene rings is 2. The molecule has 6 heteroatoms. The van der Waals surface area contributed by atoms with Gasteiger partial charge in [0.2, 0.25) is 5.91 Å². The molecule has 0 aliphatic carbocycles. The van der Waals surface area contributed by atoms with Gasteiger partial charge in [-0.3, -0.25) is 4.79 Å². The lowest BCUT2D eigenvalue weighted by atomic mass is 10.1. The number of fused-ring (bicyclic) bond motifs is 1. The Bertz CT molecular complexity index is 844. The van der Waals surface area contributed by atoms with Gasteiger partial charge in [0.05, 0.1) is 11.5 Å². The minimum absolute atomic E-state index is 0.110. The van der Waals surface area contributed by atoms with Crippen LogP contribution in [0.5, 0.6) is 11.5 Å². The topological polar surface area (TPSA) is 59.9 Å². The molecule has 1 amide bonds. The van der Waals surface area contributed by atoms with Gasteiger partial charge in [0, 0.05) is 11.3 Å². The predicted octanol–water partition coefficient (Wildman–Crippen LogP) is 3.85. The number of carbonyl (C=O) groups excluding carboxylic acids is 1. The van der Waals surface area contributed by atoms with E-state index in [9.17, 15) is 4.79 Å². The maximum absolute atomic E-state index is 12.1. The van der Waals surface area contributed by atoms with Crippen molar-refractivity contribution in [2.75, 3.05) is 19.0 Å². The first kappa shape index (κ1) is 19.3. The minimum Gasteiger partial charge on any atom is -0.486 e. The number of hydrazone groups is 1. The number of amides is 1. The first-order valence-corrected chi connectivity index (χ1v) is 10.0. The van der Waals surface area contributed by atoms with Crippen molar-refractivity contribution in [1.82, 2.24) is 5.43 Å². The molecule has 1 N–H and O–H groups in total. The number of carbonyl (C=O) groups is 1. The second kappa shape index (κ2) is 8.95. The molecule has 0 bridgehead atoms. The first-order valence-electron chi connectivity index (χ1n) is 8.89. The van der Waals surface area contributed by atoms with Gasteiger partial charge in [-0.2, -0.15) is 5.10 Å². The fourth-order valence-corrected chi connectivity index (χ4v) is 3.68. The Morgan fingerprint density at radius 1 is 1.07 bits per heavy atom. The van der Waals surface area contributed by atoms with Gasteiger partial charge in [0.1, 0.15) is 13.2 Å². The average Bonchev–Trinajstić information content (AvgIpc) is 2.65. The predicted molar refractivity (Wildman–Crippen MR) is 110 cm³/mol. The summed E-state index contributed by atoms with van der Waals surface area (Å²) in [6.45, 7) is 7.14. The number of thioether (sulfide) groups is 1. The highest BCUT2D eigenvalue weighted by atomic mass is 32.2. The fourth-order valence-electron chi connectivity index (χ4n) is 2.93. The number of rotatable bonds is 6. The molecule has 142 valence electrons. The van der Waals surface area contributed by atoms with Crippen LogP contribution in [0.2, 0.25) is 0 Å². The van der Waals surface area contributed by atoms with E-state index in [0.717, 1.165) is 22.8 Å². The van der Waals surface area contributed by atoms with Gasteiger partial charge in [-0.25, -0.2) is 5.43 Å². The average molecular weight is 385 g/mol. The Morgan fingerprint density at radius 3 is 2.52 bits per heavy atom. The molecule has 0 atom stereocenters. The van der Waals surface area contributed by atoms with Crippen LogP contribution in [0.4, 0.5) is 0 Å². The van der Waals surface area contributed by atoms with E-state index in [-0.39, 0.29) is 5.91 Å². The lowest BCUT2D eigenvalue weighted by molar-refractivity contribution is -0.118. The molecule has 27 heavy (non-hydrogen) atoms. The van der Waals surface area contributed by atoms with Crippen LogP contribution in [-0.2, 0) is 10.5 Å². The third-order valence-electron chi connectivity index (χ3n) is 4.09. The standard InChI is InChI=1S/C21H24N2O3S/c1-14-8-15(2)10-17(9-14)12-27-13-21(24)23-22-16(3)18-4-5-19-20(11-18)26-7-6-25-19/h4-5,8-11H,6-7,12-13H2,1-3H3,(H,23,24)/b22-16-. The van der Waals surface area contributed by atoms with Crippen molar-refractivity contribution in [1.29, 1.82) is 0 Å². The third kappa shape index (κ3) is 5.50. The van der Waals surface area contributed by atoms with Crippen LogP contribution in [0.3, 0.4) is 0 Å². The number of hydrogen-bond donors (Lipinski definition) is 1. The van der Waals surface area contributed by atoms with Crippen LogP contribution in [0, 0.1) is 13.8 Å². The number of nitrogens with zero attached hydrogens (tertiary/aromatic N) is 1. The molecule has 0 radical (unpaired) electrons. The zero-order valence-corrected chi connectivity index (χ0v) is 16.7. The van der Waals surface area contributed by atoms with E-state index >= 15 is 0 Å². The largest absolute Gasteiger partial charge is 0.486 e. The van der Waals surface area contributed by atoms with E-state index in [1.54, 1.807) is 11.8 Å². The Balaban J connectivity index is 1.50. The van der Waals surface area contributed by atoms with Gasteiger partial charge < -0.3 is 9.47 Å². The van der Waals surface area contributed by atoms with Gasteiger partial charge in [-0.15, -0.1) is 11.8 Å². The summed E-state index contributed by atoms with van der Waals surface area (Å²) < 4.78 is 11.1. The number of ether oxygens (including phenoxy) is 2. The molecule has 3 rings (SSSR count). The summed E-state index contributed by atoms with van der Waals surface area (Å²) in [7, 11) is 0. The molecular weight excluding hydrogens is 360 g/mol. The Hall–Kier alpha value is -2.47. The maximum Gasteiger partial charge on any atom is 0.250 e. The van der Waals surface area contributed by atoms with Gasteiger partial charge in [0.15, 0.2) is 11.5 Å². The molecule has 0 aromatic heterocycles. The van der Waals surface area contributed by atoms with Crippen molar-refractivity contribution in [2.45, 2.75) is 26.5 Å². The van der Waals surface area contributed by atoms with E-state index in [2.05, 4.69) is 42.6 Å². The highest BCUT2D eigenvalue weighted by Gasteiger charge is 2.12. The monoisotopic (exact) mass is 384 g/mol. The summed E-state index contributed by atoms with van der Waals surface area (Å²) in [5.74, 6) is 2.51. The summed E-state index contributed by atoms with van der Waals surface area (Å²) in [5, 5.41) is 4.20. The van der Waals surface area contributed by atoms with Gasteiger partial charge in [-0.05, 0) is 44.5 Å². The second-order valence-corrected chi connectivity index (χ2v) is 7.56. The third-order valence-corrected chi connectivity index (χ3v) is 5.10. The molecule has 0 fully saturated rings. The lowest BCUT2D eigenvalue weighted by Crippen LogP contribution is -2.21. The summed E-state index contributed by atoms with van der Waals surface area (Å²) in [6.07, 6.45) is 0. The highest BCUT2D eigenvalue weighted by molar-refractivity contribution is 7.99. The van der Waals surface area contributed by atoms with Crippen molar-refractivity contribution in [3.05, 3.63) is 58.7 Å². The smallest absolute Gasteiger partial charge is 0.250 e. The molecule has 0 saturated heterocycles. The molecule has 1 aliphatic rings. The number of hydrogen-bond acceptors (Lipinski definition) is 5. The molecule has 2 aromatic rings. The molecule has 1 heterocycles. The van der Waals surface area contributed by atoms with E-state index in [1.807, 2.05) is 25.1 Å². The molecule has 5 nitrogen and oxygen atoms in total. The summed E-state index contributed by atoms with van der Waals surface area (Å²) >= 11 is 1.58. The Labute approximate surface area is 164 Å². The normalized spacial score (nSPS) is 13.4. The Kier molecular flexibility index (Phi) is 6.40. The van der Waals surface area contributed by atoms with E-state index in [1.165, 1.54) is 16.7 Å². The van der Waals surface area contributed by atoms with Crippen molar-refractivity contribution in [3.63, 3.8) is 0 Å². The first-order chi connectivity index (χ1) is 13.0. The van der Waals surface area contributed by atoms with Gasteiger partial charge >= 0.3 is 0 Å². The summed E-state index contributed by atoms with van der Waals surface area (Å²) in [6, 6.07) is 12.1.